The second kappa shape index (κ2) is 1.53. The molecule has 0 fully saturated rings. The molecule has 4 N–H and O–H groups in total. The zero-order valence-corrected chi connectivity index (χ0v) is 5.81. The van der Waals surface area contributed by atoms with Gasteiger partial charge >= 0.3 is 0 Å². The number of rotatable bonds is 0. The van der Waals surface area contributed by atoms with E-state index in [1.54, 1.807) is 0 Å². The summed E-state index contributed by atoms with van der Waals surface area (Å²) in [5.74, 6) is 0. The van der Waals surface area contributed by atoms with E-state index < -0.39 is 0 Å². The standard InChI is InChI=1S/C7H12N2/c1-7(2)5(8)3-4-6(7)9/h3-4H,8-9H2,1-2H3. The Hall–Kier alpha value is -0.920. The van der Waals surface area contributed by atoms with Crippen LogP contribution in [-0.2, 0) is 0 Å². The van der Waals surface area contributed by atoms with Gasteiger partial charge in [0.1, 0.15) is 0 Å². The smallest absolute Gasteiger partial charge is 0.0436 e. The first kappa shape index (κ1) is 6.20. The SMILES string of the molecule is CC1(C)C(N)=CC=C1N. The summed E-state index contributed by atoms with van der Waals surface area (Å²) in [6.45, 7) is 4.02. The van der Waals surface area contributed by atoms with Gasteiger partial charge in [-0.1, -0.05) is 0 Å². The van der Waals surface area contributed by atoms with Crippen LogP contribution >= 0.6 is 0 Å². The van der Waals surface area contributed by atoms with Gasteiger partial charge in [0.25, 0.3) is 0 Å². The fourth-order valence-corrected chi connectivity index (χ4v) is 0.763. The van der Waals surface area contributed by atoms with E-state index in [2.05, 4.69) is 0 Å². The van der Waals surface area contributed by atoms with E-state index in [4.69, 9.17) is 11.5 Å². The van der Waals surface area contributed by atoms with Crippen LogP contribution in [-0.4, -0.2) is 0 Å². The zero-order valence-electron chi connectivity index (χ0n) is 5.81. The van der Waals surface area contributed by atoms with Crippen molar-refractivity contribution in [2.75, 3.05) is 0 Å². The van der Waals surface area contributed by atoms with Crippen LogP contribution in [0, 0.1) is 5.41 Å². The normalized spacial score (nSPS) is 23.3. The quantitative estimate of drug-likeness (QED) is 0.499. The van der Waals surface area contributed by atoms with Crippen LogP contribution in [0.4, 0.5) is 0 Å². The molecule has 0 aromatic heterocycles. The summed E-state index contributed by atoms with van der Waals surface area (Å²) < 4.78 is 0. The fourth-order valence-electron chi connectivity index (χ4n) is 0.763. The van der Waals surface area contributed by atoms with Crippen molar-refractivity contribution in [3.8, 4) is 0 Å². The van der Waals surface area contributed by atoms with Crippen molar-refractivity contribution in [2.45, 2.75) is 13.8 Å². The lowest BCUT2D eigenvalue weighted by Gasteiger charge is -2.20. The van der Waals surface area contributed by atoms with Crippen LogP contribution in [0.5, 0.6) is 0 Å². The topological polar surface area (TPSA) is 52.0 Å². The minimum absolute atomic E-state index is 0.111. The van der Waals surface area contributed by atoms with E-state index in [1.165, 1.54) is 0 Å². The van der Waals surface area contributed by atoms with Crippen molar-refractivity contribution < 1.29 is 0 Å². The molecule has 9 heavy (non-hydrogen) atoms. The van der Waals surface area contributed by atoms with Crippen LogP contribution < -0.4 is 11.5 Å². The Morgan fingerprint density at radius 2 is 1.44 bits per heavy atom. The van der Waals surface area contributed by atoms with Gasteiger partial charge in [-0.3, -0.25) is 0 Å². The molecule has 0 aliphatic heterocycles. The molecule has 0 amide bonds. The van der Waals surface area contributed by atoms with Crippen molar-refractivity contribution in [3.63, 3.8) is 0 Å². The Labute approximate surface area is 55.2 Å². The summed E-state index contributed by atoms with van der Waals surface area (Å²) in [7, 11) is 0. The van der Waals surface area contributed by atoms with E-state index >= 15 is 0 Å². The second-order valence-electron chi connectivity index (χ2n) is 2.87. The van der Waals surface area contributed by atoms with Gasteiger partial charge in [0.2, 0.25) is 0 Å². The van der Waals surface area contributed by atoms with Crippen molar-refractivity contribution in [1.82, 2.24) is 0 Å². The van der Waals surface area contributed by atoms with Gasteiger partial charge in [0.05, 0.1) is 0 Å². The maximum absolute atomic E-state index is 5.63. The van der Waals surface area contributed by atoms with Gasteiger partial charge in [-0.2, -0.15) is 0 Å². The summed E-state index contributed by atoms with van der Waals surface area (Å²) >= 11 is 0. The Morgan fingerprint density at radius 1 is 1.11 bits per heavy atom. The third-order valence-corrected chi connectivity index (χ3v) is 1.89. The molecular formula is C7H12N2. The highest BCUT2D eigenvalue weighted by Crippen LogP contribution is 2.32. The van der Waals surface area contributed by atoms with E-state index in [1.807, 2.05) is 26.0 Å². The molecule has 1 rings (SSSR count). The maximum Gasteiger partial charge on any atom is 0.0436 e. The second-order valence-corrected chi connectivity index (χ2v) is 2.87. The van der Waals surface area contributed by atoms with Crippen LogP contribution in [0.25, 0.3) is 0 Å². The molecule has 0 atom stereocenters. The molecule has 0 saturated carbocycles. The highest BCUT2D eigenvalue weighted by Gasteiger charge is 2.26. The van der Waals surface area contributed by atoms with Crippen LogP contribution in [0.2, 0.25) is 0 Å². The largest absolute Gasteiger partial charge is 0.401 e. The van der Waals surface area contributed by atoms with Gasteiger partial charge in [-0.25, -0.2) is 0 Å². The van der Waals surface area contributed by atoms with E-state index in [0.717, 1.165) is 11.4 Å². The monoisotopic (exact) mass is 124 g/mol. The molecular weight excluding hydrogens is 112 g/mol. The Morgan fingerprint density at radius 3 is 1.56 bits per heavy atom. The average molecular weight is 124 g/mol. The summed E-state index contributed by atoms with van der Waals surface area (Å²) in [4.78, 5) is 0. The Bertz CT molecular complexity index is 167. The van der Waals surface area contributed by atoms with Crippen molar-refractivity contribution in [2.24, 2.45) is 16.9 Å². The van der Waals surface area contributed by atoms with E-state index in [-0.39, 0.29) is 5.41 Å². The van der Waals surface area contributed by atoms with E-state index in [0.29, 0.717) is 0 Å². The Balaban J connectivity index is 2.96. The Kier molecular flexibility index (Phi) is 1.05. The van der Waals surface area contributed by atoms with Crippen molar-refractivity contribution in [3.05, 3.63) is 23.5 Å². The minimum atomic E-state index is -0.111. The molecule has 50 valence electrons. The lowest BCUT2D eigenvalue weighted by molar-refractivity contribution is 0.537. The highest BCUT2D eigenvalue weighted by molar-refractivity contribution is 5.35. The molecule has 0 aromatic rings. The predicted molar refractivity (Wildman–Crippen MR) is 38.3 cm³/mol. The van der Waals surface area contributed by atoms with Gasteiger partial charge in [-0.05, 0) is 26.0 Å². The first-order chi connectivity index (χ1) is 4.05. The molecule has 0 aromatic carbocycles. The van der Waals surface area contributed by atoms with Gasteiger partial charge in [0.15, 0.2) is 0 Å². The molecule has 0 saturated heterocycles. The lowest BCUT2D eigenvalue weighted by atomic mass is 9.90. The molecule has 0 spiro atoms. The van der Waals surface area contributed by atoms with Crippen molar-refractivity contribution in [1.29, 1.82) is 0 Å². The number of nitrogens with two attached hydrogens (primary N) is 2. The maximum atomic E-state index is 5.63. The average Bonchev–Trinajstić information content (AvgIpc) is 1.96. The van der Waals surface area contributed by atoms with Crippen LogP contribution in [0.3, 0.4) is 0 Å². The third-order valence-electron chi connectivity index (χ3n) is 1.89. The molecule has 0 radical (unpaired) electrons. The molecule has 0 heterocycles. The van der Waals surface area contributed by atoms with Crippen LogP contribution in [0.1, 0.15) is 13.8 Å². The first-order valence-corrected chi connectivity index (χ1v) is 2.99. The molecule has 1 aliphatic carbocycles. The lowest BCUT2D eigenvalue weighted by Crippen LogP contribution is -2.24. The van der Waals surface area contributed by atoms with E-state index in [9.17, 15) is 0 Å². The molecule has 1 aliphatic rings. The summed E-state index contributed by atoms with van der Waals surface area (Å²) in [5.41, 5.74) is 12.8. The molecule has 0 unspecified atom stereocenters. The summed E-state index contributed by atoms with van der Waals surface area (Å²) in [6, 6.07) is 0. The third kappa shape index (κ3) is 0.707. The molecule has 0 bridgehead atoms. The highest BCUT2D eigenvalue weighted by atomic mass is 14.7. The number of allylic oxidation sites excluding steroid dienone is 2. The minimum Gasteiger partial charge on any atom is -0.401 e. The fraction of sp³-hybridized carbons (Fsp3) is 0.429. The predicted octanol–water partition coefficient (Wildman–Crippen LogP) is 0.711. The van der Waals surface area contributed by atoms with Gasteiger partial charge in [-0.15, -0.1) is 0 Å². The van der Waals surface area contributed by atoms with Gasteiger partial charge < -0.3 is 11.5 Å². The molecule has 2 heteroatoms. The van der Waals surface area contributed by atoms with Crippen molar-refractivity contribution >= 4 is 0 Å². The summed E-state index contributed by atoms with van der Waals surface area (Å²) in [5, 5.41) is 0. The summed E-state index contributed by atoms with van der Waals surface area (Å²) in [6.07, 6.45) is 3.71. The molecule has 2 nitrogen and oxygen atoms in total. The van der Waals surface area contributed by atoms with Crippen LogP contribution in [0.15, 0.2) is 23.5 Å². The number of hydrogen-bond donors (Lipinski definition) is 2. The van der Waals surface area contributed by atoms with Gasteiger partial charge in [0, 0.05) is 16.8 Å². The number of hydrogen-bond acceptors (Lipinski definition) is 2. The zero-order chi connectivity index (χ0) is 7.07. The first-order valence-electron chi connectivity index (χ1n) is 2.99.